The third-order valence-corrected chi connectivity index (χ3v) is 2.80. The predicted molar refractivity (Wildman–Crippen MR) is 52.3 cm³/mol. The molecule has 0 amide bonds. The molecule has 2 unspecified atom stereocenters. The van der Waals surface area contributed by atoms with Crippen LogP contribution in [0, 0.1) is 17.8 Å². The SMILES string of the molecule is CCOC(=O)C1CC(C)CC(C)C1. The second-order valence-electron chi connectivity index (χ2n) is 4.37. The van der Waals surface area contributed by atoms with Crippen LogP contribution in [0.3, 0.4) is 0 Å². The minimum Gasteiger partial charge on any atom is -0.466 e. The van der Waals surface area contributed by atoms with Gasteiger partial charge in [0.1, 0.15) is 0 Å². The fourth-order valence-corrected chi connectivity index (χ4v) is 2.40. The average molecular weight is 184 g/mol. The first-order chi connectivity index (χ1) is 6.13. The normalized spacial score (nSPS) is 34.2. The van der Waals surface area contributed by atoms with E-state index in [-0.39, 0.29) is 11.9 Å². The number of ether oxygens (including phenoxy) is 1. The lowest BCUT2D eigenvalue weighted by Crippen LogP contribution is -2.27. The zero-order chi connectivity index (χ0) is 9.84. The largest absolute Gasteiger partial charge is 0.466 e. The summed E-state index contributed by atoms with van der Waals surface area (Å²) in [6, 6.07) is 0. The van der Waals surface area contributed by atoms with Gasteiger partial charge in [0.25, 0.3) is 0 Å². The van der Waals surface area contributed by atoms with E-state index in [1.54, 1.807) is 0 Å². The molecule has 2 atom stereocenters. The molecule has 2 nitrogen and oxygen atoms in total. The number of hydrogen-bond donors (Lipinski definition) is 0. The molecule has 0 bridgehead atoms. The first-order valence-electron chi connectivity index (χ1n) is 5.30. The molecule has 13 heavy (non-hydrogen) atoms. The van der Waals surface area contributed by atoms with Crippen molar-refractivity contribution in [1.82, 2.24) is 0 Å². The molecule has 1 aliphatic rings. The Kier molecular flexibility index (Phi) is 3.76. The molecule has 0 spiro atoms. The molecule has 1 fully saturated rings. The van der Waals surface area contributed by atoms with Crippen LogP contribution in [0.5, 0.6) is 0 Å². The van der Waals surface area contributed by atoms with Crippen molar-refractivity contribution in [3.63, 3.8) is 0 Å². The molecular formula is C11H20O2. The highest BCUT2D eigenvalue weighted by Crippen LogP contribution is 2.33. The number of hydrogen-bond acceptors (Lipinski definition) is 2. The number of carbonyl (C=O) groups excluding carboxylic acids is 1. The lowest BCUT2D eigenvalue weighted by molar-refractivity contribution is -0.150. The van der Waals surface area contributed by atoms with E-state index in [0.29, 0.717) is 18.4 Å². The minimum absolute atomic E-state index is 0.0147. The van der Waals surface area contributed by atoms with Gasteiger partial charge in [-0.05, 0) is 38.0 Å². The Bertz CT molecular complexity index is 167. The fraction of sp³-hybridized carbons (Fsp3) is 0.909. The van der Waals surface area contributed by atoms with Crippen LogP contribution in [0.4, 0.5) is 0 Å². The van der Waals surface area contributed by atoms with Crippen LogP contribution >= 0.6 is 0 Å². The molecule has 1 rings (SSSR count). The van der Waals surface area contributed by atoms with Crippen molar-refractivity contribution in [2.45, 2.75) is 40.0 Å². The summed E-state index contributed by atoms with van der Waals surface area (Å²) in [6.07, 6.45) is 3.29. The average Bonchev–Trinajstić information content (AvgIpc) is 2.03. The zero-order valence-electron chi connectivity index (χ0n) is 8.88. The predicted octanol–water partition coefficient (Wildman–Crippen LogP) is 2.62. The van der Waals surface area contributed by atoms with Gasteiger partial charge in [0.2, 0.25) is 0 Å². The lowest BCUT2D eigenvalue weighted by Gasteiger charge is -2.29. The maximum absolute atomic E-state index is 11.5. The van der Waals surface area contributed by atoms with E-state index in [0.717, 1.165) is 12.8 Å². The van der Waals surface area contributed by atoms with Crippen LogP contribution in [0.1, 0.15) is 40.0 Å². The summed E-state index contributed by atoms with van der Waals surface area (Å²) in [4.78, 5) is 11.5. The minimum atomic E-state index is 0.0147. The van der Waals surface area contributed by atoms with E-state index in [9.17, 15) is 4.79 Å². The summed E-state index contributed by atoms with van der Waals surface area (Å²) in [7, 11) is 0. The van der Waals surface area contributed by atoms with Gasteiger partial charge in [-0.2, -0.15) is 0 Å². The molecule has 0 aromatic rings. The van der Waals surface area contributed by atoms with Gasteiger partial charge in [0.15, 0.2) is 0 Å². The monoisotopic (exact) mass is 184 g/mol. The van der Waals surface area contributed by atoms with Crippen molar-refractivity contribution in [1.29, 1.82) is 0 Å². The van der Waals surface area contributed by atoms with Crippen LogP contribution < -0.4 is 0 Å². The van der Waals surface area contributed by atoms with Crippen molar-refractivity contribution in [3.05, 3.63) is 0 Å². The Morgan fingerprint density at radius 1 is 1.23 bits per heavy atom. The van der Waals surface area contributed by atoms with E-state index >= 15 is 0 Å². The molecule has 0 aliphatic heterocycles. The van der Waals surface area contributed by atoms with Gasteiger partial charge in [-0.25, -0.2) is 0 Å². The summed E-state index contributed by atoms with van der Waals surface area (Å²) in [5, 5.41) is 0. The maximum atomic E-state index is 11.5. The summed E-state index contributed by atoms with van der Waals surface area (Å²) in [5.74, 6) is 1.54. The van der Waals surface area contributed by atoms with Crippen LogP contribution in [0.2, 0.25) is 0 Å². The molecule has 0 N–H and O–H groups in total. The number of esters is 1. The van der Waals surface area contributed by atoms with Gasteiger partial charge in [-0.15, -0.1) is 0 Å². The molecule has 0 heterocycles. The van der Waals surface area contributed by atoms with E-state index in [1.807, 2.05) is 6.92 Å². The highest BCUT2D eigenvalue weighted by Gasteiger charge is 2.29. The first-order valence-corrected chi connectivity index (χ1v) is 5.30. The molecule has 76 valence electrons. The summed E-state index contributed by atoms with van der Waals surface area (Å²) in [5.41, 5.74) is 0. The molecule has 1 aliphatic carbocycles. The van der Waals surface area contributed by atoms with Gasteiger partial charge >= 0.3 is 5.97 Å². The summed E-state index contributed by atoms with van der Waals surface area (Å²) >= 11 is 0. The van der Waals surface area contributed by atoms with Gasteiger partial charge < -0.3 is 4.74 Å². The molecule has 0 aromatic carbocycles. The quantitative estimate of drug-likeness (QED) is 0.617. The second kappa shape index (κ2) is 4.64. The Morgan fingerprint density at radius 2 is 1.77 bits per heavy atom. The second-order valence-corrected chi connectivity index (χ2v) is 4.37. The van der Waals surface area contributed by atoms with Crippen LogP contribution in [0.15, 0.2) is 0 Å². The van der Waals surface area contributed by atoms with Crippen molar-refractivity contribution in [2.75, 3.05) is 6.61 Å². The lowest BCUT2D eigenvalue weighted by atomic mass is 9.77. The zero-order valence-corrected chi connectivity index (χ0v) is 8.88. The molecule has 0 saturated heterocycles. The standard InChI is InChI=1S/C11H20O2/c1-4-13-11(12)10-6-8(2)5-9(3)7-10/h8-10H,4-7H2,1-3H3. The number of rotatable bonds is 2. The maximum Gasteiger partial charge on any atom is 0.308 e. The van der Waals surface area contributed by atoms with Crippen molar-refractivity contribution >= 4 is 5.97 Å². The third-order valence-electron chi connectivity index (χ3n) is 2.80. The van der Waals surface area contributed by atoms with Crippen molar-refractivity contribution < 1.29 is 9.53 Å². The van der Waals surface area contributed by atoms with Crippen LogP contribution in [0.25, 0.3) is 0 Å². The van der Waals surface area contributed by atoms with Gasteiger partial charge in [-0.3, -0.25) is 4.79 Å². The Morgan fingerprint density at radius 3 is 2.23 bits per heavy atom. The Balaban J connectivity index is 2.45. The highest BCUT2D eigenvalue weighted by atomic mass is 16.5. The third kappa shape index (κ3) is 3.02. The highest BCUT2D eigenvalue weighted by molar-refractivity contribution is 5.72. The van der Waals surface area contributed by atoms with Crippen molar-refractivity contribution in [3.8, 4) is 0 Å². The Labute approximate surface area is 80.7 Å². The van der Waals surface area contributed by atoms with Gasteiger partial charge in [0, 0.05) is 0 Å². The fourth-order valence-electron chi connectivity index (χ4n) is 2.40. The van der Waals surface area contributed by atoms with Gasteiger partial charge in [0.05, 0.1) is 12.5 Å². The molecular weight excluding hydrogens is 164 g/mol. The van der Waals surface area contributed by atoms with E-state index in [2.05, 4.69) is 13.8 Å². The molecule has 1 saturated carbocycles. The summed E-state index contributed by atoms with van der Waals surface area (Å²) < 4.78 is 5.04. The van der Waals surface area contributed by atoms with Crippen molar-refractivity contribution in [2.24, 2.45) is 17.8 Å². The first kappa shape index (κ1) is 10.6. The van der Waals surface area contributed by atoms with E-state index in [4.69, 9.17) is 4.74 Å². The van der Waals surface area contributed by atoms with Crippen LogP contribution in [-0.4, -0.2) is 12.6 Å². The molecule has 0 aromatic heterocycles. The van der Waals surface area contributed by atoms with Crippen LogP contribution in [-0.2, 0) is 9.53 Å². The van der Waals surface area contributed by atoms with E-state index < -0.39 is 0 Å². The van der Waals surface area contributed by atoms with Gasteiger partial charge in [-0.1, -0.05) is 13.8 Å². The smallest absolute Gasteiger partial charge is 0.308 e. The summed E-state index contributed by atoms with van der Waals surface area (Å²) in [6.45, 7) is 6.83. The van der Waals surface area contributed by atoms with E-state index in [1.165, 1.54) is 6.42 Å². The topological polar surface area (TPSA) is 26.3 Å². The molecule has 0 radical (unpaired) electrons. The molecule has 2 heteroatoms. The number of carbonyl (C=O) groups is 1. The Hall–Kier alpha value is -0.530.